The second-order valence-electron chi connectivity index (χ2n) is 8.37. The summed E-state index contributed by atoms with van der Waals surface area (Å²) in [6.07, 6.45) is 7.09. The molecule has 3 heterocycles. The Kier molecular flexibility index (Phi) is 13.9. The van der Waals surface area contributed by atoms with Crippen molar-refractivity contribution >= 4 is 29.9 Å². The Morgan fingerprint density at radius 1 is 1.06 bits per heavy atom. The lowest BCUT2D eigenvalue weighted by Crippen LogP contribution is -2.36. The van der Waals surface area contributed by atoms with Gasteiger partial charge in [0.1, 0.15) is 11.5 Å². The van der Waals surface area contributed by atoms with E-state index in [2.05, 4.69) is 20.9 Å². The van der Waals surface area contributed by atoms with E-state index in [0.29, 0.717) is 76.3 Å². The highest BCUT2D eigenvalue weighted by molar-refractivity contribution is 8.00. The van der Waals surface area contributed by atoms with Crippen molar-refractivity contribution in [3.8, 4) is 0 Å². The molecule has 3 atom stereocenters. The molecule has 0 spiro atoms. The molecule has 0 aromatic carbocycles. The number of urea groups is 1. The first-order valence-corrected chi connectivity index (χ1v) is 13.0. The minimum atomic E-state index is -0.0507. The number of aromatic nitrogens is 3. The van der Waals surface area contributed by atoms with Crippen LogP contribution in [0.25, 0.3) is 0 Å². The molecule has 11 nitrogen and oxygen atoms in total. The molecule has 35 heavy (non-hydrogen) atoms. The number of ketones is 1. The summed E-state index contributed by atoms with van der Waals surface area (Å²) in [6, 6.07) is 0.454. The number of ether oxygens (including phenoxy) is 3. The number of rotatable bonds is 19. The number of carbonyl (C=O) groups is 3. The number of Topliss-reactive ketones (excluding diaryl/α,β-unsaturated/α-hetero) is 1. The molecular weight excluding hydrogens is 474 g/mol. The van der Waals surface area contributed by atoms with E-state index >= 15 is 0 Å². The lowest BCUT2D eigenvalue weighted by Gasteiger charge is -2.16. The van der Waals surface area contributed by atoms with E-state index in [1.54, 1.807) is 10.9 Å². The summed E-state index contributed by atoms with van der Waals surface area (Å²) in [5.74, 6) is 1.26. The Balaban J connectivity index is 0.00000432. The molecule has 1 aromatic heterocycles. The van der Waals surface area contributed by atoms with Crippen LogP contribution in [0.1, 0.15) is 56.4 Å². The van der Waals surface area contributed by atoms with Crippen molar-refractivity contribution < 1.29 is 28.6 Å². The maximum atomic E-state index is 12.0. The first kappa shape index (κ1) is 29.2. The van der Waals surface area contributed by atoms with Gasteiger partial charge in [0.25, 0.3) is 0 Å². The molecule has 0 radical (unpaired) electrons. The smallest absolute Gasteiger partial charge is 0.315 e. The zero-order valence-electron chi connectivity index (χ0n) is 19.5. The highest BCUT2D eigenvalue weighted by Crippen LogP contribution is 2.33. The fourth-order valence-electron chi connectivity index (χ4n) is 3.98. The van der Waals surface area contributed by atoms with E-state index in [4.69, 9.17) is 14.2 Å². The van der Waals surface area contributed by atoms with Crippen LogP contribution >= 0.6 is 11.8 Å². The molecule has 198 valence electrons. The molecule has 2 N–H and O–H groups in total. The topological polar surface area (TPSA) is 134 Å². The molecule has 2 aliphatic rings. The van der Waals surface area contributed by atoms with Gasteiger partial charge in [0.15, 0.2) is 6.29 Å². The van der Waals surface area contributed by atoms with Crippen molar-refractivity contribution in [3.05, 3.63) is 11.9 Å². The normalized spacial score (nSPS) is 20.7. The minimum Gasteiger partial charge on any atom is -0.379 e. The van der Waals surface area contributed by atoms with Gasteiger partial charge in [0.05, 0.1) is 57.9 Å². The number of amides is 2. The van der Waals surface area contributed by atoms with Crippen LogP contribution in [0.3, 0.4) is 0 Å². The molecule has 2 fully saturated rings. The fourth-order valence-corrected chi connectivity index (χ4v) is 5.53. The SMILES string of the molecule is C.O=Cc1cn(CCOCCOCCOCCCC(=O)CCCC[C@@H]2SCC3NC(=O)NC32)nn1. The minimum absolute atomic E-state index is 0. The van der Waals surface area contributed by atoms with Crippen molar-refractivity contribution in [2.75, 3.05) is 45.4 Å². The maximum Gasteiger partial charge on any atom is 0.315 e. The highest BCUT2D eigenvalue weighted by Gasteiger charge is 2.42. The predicted molar refractivity (Wildman–Crippen MR) is 133 cm³/mol. The molecule has 2 amide bonds. The highest BCUT2D eigenvalue weighted by atomic mass is 32.2. The van der Waals surface area contributed by atoms with Crippen LogP contribution in [0.15, 0.2) is 6.20 Å². The van der Waals surface area contributed by atoms with Gasteiger partial charge in [-0.3, -0.25) is 9.59 Å². The van der Waals surface area contributed by atoms with Gasteiger partial charge in [-0.1, -0.05) is 19.1 Å². The van der Waals surface area contributed by atoms with Crippen LogP contribution in [0, 0.1) is 0 Å². The first-order chi connectivity index (χ1) is 16.7. The van der Waals surface area contributed by atoms with Crippen molar-refractivity contribution in [2.45, 2.75) is 69.8 Å². The van der Waals surface area contributed by atoms with Crippen LogP contribution in [0.5, 0.6) is 0 Å². The molecule has 2 aliphatic heterocycles. The second-order valence-corrected chi connectivity index (χ2v) is 9.64. The number of fused-ring (bicyclic) bond motifs is 1. The Bertz CT molecular complexity index is 779. The van der Waals surface area contributed by atoms with Crippen LogP contribution < -0.4 is 10.6 Å². The van der Waals surface area contributed by atoms with Crippen molar-refractivity contribution in [2.24, 2.45) is 0 Å². The second kappa shape index (κ2) is 16.6. The third-order valence-electron chi connectivity index (χ3n) is 5.76. The molecule has 2 unspecified atom stereocenters. The summed E-state index contributed by atoms with van der Waals surface area (Å²) >= 11 is 1.91. The van der Waals surface area contributed by atoms with Crippen LogP contribution in [-0.2, 0) is 25.5 Å². The van der Waals surface area contributed by atoms with Gasteiger partial charge in [-0.15, -0.1) is 5.10 Å². The number of nitrogens with one attached hydrogen (secondary N) is 2. The Morgan fingerprint density at radius 2 is 1.77 bits per heavy atom. The van der Waals surface area contributed by atoms with Gasteiger partial charge in [0, 0.05) is 30.5 Å². The predicted octanol–water partition coefficient (Wildman–Crippen LogP) is 1.85. The molecule has 1 aromatic rings. The van der Waals surface area contributed by atoms with E-state index in [1.807, 2.05) is 11.8 Å². The summed E-state index contributed by atoms with van der Waals surface area (Å²) in [4.78, 5) is 34.0. The molecule has 0 saturated carbocycles. The zero-order valence-corrected chi connectivity index (χ0v) is 20.3. The maximum absolute atomic E-state index is 12.0. The fraction of sp³-hybridized carbons (Fsp3) is 0.783. The lowest BCUT2D eigenvalue weighted by atomic mass is 10.0. The lowest BCUT2D eigenvalue weighted by molar-refractivity contribution is -0.119. The quantitative estimate of drug-likeness (QED) is 0.161. The summed E-state index contributed by atoms with van der Waals surface area (Å²) in [7, 11) is 0. The molecule has 0 aliphatic carbocycles. The number of hydrogen-bond donors (Lipinski definition) is 2. The molecule has 0 bridgehead atoms. The monoisotopic (exact) mass is 513 g/mol. The van der Waals surface area contributed by atoms with E-state index in [0.717, 1.165) is 31.4 Å². The van der Waals surface area contributed by atoms with E-state index in [1.165, 1.54) is 0 Å². The van der Waals surface area contributed by atoms with Crippen molar-refractivity contribution in [3.63, 3.8) is 0 Å². The third-order valence-corrected chi connectivity index (χ3v) is 7.27. The Morgan fingerprint density at radius 3 is 2.51 bits per heavy atom. The first-order valence-electron chi connectivity index (χ1n) is 11.9. The largest absolute Gasteiger partial charge is 0.379 e. The number of thioether (sulfide) groups is 1. The molecule has 12 heteroatoms. The van der Waals surface area contributed by atoms with Gasteiger partial charge in [-0.2, -0.15) is 11.8 Å². The van der Waals surface area contributed by atoms with Crippen molar-refractivity contribution in [1.82, 2.24) is 25.6 Å². The average molecular weight is 514 g/mol. The zero-order chi connectivity index (χ0) is 24.0. The Hall–Kier alpha value is -2.02. The number of carbonyl (C=O) groups excluding carboxylic acids is 3. The van der Waals surface area contributed by atoms with E-state index in [-0.39, 0.29) is 31.3 Å². The number of aldehydes is 1. The summed E-state index contributed by atoms with van der Waals surface area (Å²) in [6.45, 7) is 3.47. The molecule has 2 saturated heterocycles. The summed E-state index contributed by atoms with van der Waals surface area (Å²) < 4.78 is 18.0. The third kappa shape index (κ3) is 10.6. The van der Waals surface area contributed by atoms with Gasteiger partial charge >= 0.3 is 6.03 Å². The van der Waals surface area contributed by atoms with Gasteiger partial charge < -0.3 is 24.8 Å². The van der Waals surface area contributed by atoms with Crippen LogP contribution in [0.4, 0.5) is 4.79 Å². The molecule has 3 rings (SSSR count). The standard InChI is InChI=1S/C22H35N5O6S.CH4/c28-15-17-14-27(26-25-17)7-9-32-11-13-33-12-10-31-8-3-5-18(29)4-1-2-6-20-21-19(16-34-20)23-22(30)24-21;/h14-15,19-21H,1-13,16H2,(H2,23,24,30);1H4/t19?,20-,21?;/m0./s1. The average Bonchev–Trinajstić information content (AvgIpc) is 3.53. The molecular formula is C23H39N5O6S. The van der Waals surface area contributed by atoms with Gasteiger partial charge in [-0.05, 0) is 19.3 Å². The number of hydrogen-bond acceptors (Lipinski definition) is 9. The van der Waals surface area contributed by atoms with Crippen molar-refractivity contribution in [1.29, 1.82) is 0 Å². The summed E-state index contributed by atoms with van der Waals surface area (Å²) in [5.41, 5.74) is 0.305. The van der Waals surface area contributed by atoms with Gasteiger partial charge in [-0.25, -0.2) is 9.48 Å². The number of nitrogens with zero attached hydrogens (tertiary/aromatic N) is 3. The Labute approximate surface area is 211 Å². The number of unbranched alkanes of at least 4 members (excludes halogenated alkanes) is 1. The van der Waals surface area contributed by atoms with Crippen LogP contribution in [0.2, 0.25) is 0 Å². The van der Waals surface area contributed by atoms with Gasteiger partial charge in [0.2, 0.25) is 0 Å². The van der Waals surface area contributed by atoms with Crippen LogP contribution in [-0.4, -0.2) is 95.8 Å². The van der Waals surface area contributed by atoms with E-state index in [9.17, 15) is 14.4 Å². The van der Waals surface area contributed by atoms with E-state index < -0.39 is 0 Å². The summed E-state index contributed by atoms with van der Waals surface area (Å²) in [5, 5.41) is 13.9.